The Bertz CT molecular complexity index is 166. The Labute approximate surface area is 108 Å². The van der Waals surface area contributed by atoms with Crippen molar-refractivity contribution >= 4 is 0 Å². The number of unbranched alkanes of at least 4 members (excludes halogenated alkanes) is 2. The molecule has 0 bridgehead atoms. The van der Waals surface area contributed by atoms with E-state index < -0.39 is 0 Å². The van der Waals surface area contributed by atoms with E-state index in [-0.39, 0.29) is 0 Å². The summed E-state index contributed by atoms with van der Waals surface area (Å²) in [4.78, 5) is 2.66. The number of hydrogen-bond donors (Lipinski definition) is 1. The Hall–Kier alpha value is -0.0800. The third-order valence-corrected chi connectivity index (χ3v) is 3.94. The molecule has 0 amide bonds. The maximum Gasteiger partial charge on any atom is 0.000954 e. The summed E-state index contributed by atoms with van der Waals surface area (Å²) >= 11 is 0. The van der Waals surface area contributed by atoms with E-state index in [1.165, 1.54) is 77.7 Å². The summed E-state index contributed by atoms with van der Waals surface area (Å²) in [6, 6.07) is 0. The highest BCUT2D eigenvalue weighted by atomic mass is 15.1. The second-order valence-electron chi connectivity index (χ2n) is 5.50. The van der Waals surface area contributed by atoms with E-state index in [1.54, 1.807) is 0 Å². The Morgan fingerprint density at radius 3 is 2.47 bits per heavy atom. The Balaban J connectivity index is 1.88. The van der Waals surface area contributed by atoms with Crippen molar-refractivity contribution < 1.29 is 0 Å². The molecule has 1 aliphatic carbocycles. The van der Waals surface area contributed by atoms with Crippen LogP contribution < -0.4 is 5.32 Å². The van der Waals surface area contributed by atoms with Crippen LogP contribution in [0.3, 0.4) is 0 Å². The van der Waals surface area contributed by atoms with Gasteiger partial charge >= 0.3 is 0 Å². The lowest BCUT2D eigenvalue weighted by Gasteiger charge is -2.31. The van der Waals surface area contributed by atoms with E-state index in [1.807, 2.05) is 0 Å². The second-order valence-corrected chi connectivity index (χ2v) is 5.50. The fourth-order valence-electron chi connectivity index (χ4n) is 2.48. The quantitative estimate of drug-likeness (QED) is 0.558. The fourth-order valence-corrected chi connectivity index (χ4v) is 2.48. The van der Waals surface area contributed by atoms with Crippen LogP contribution in [0.5, 0.6) is 0 Å². The zero-order chi connectivity index (χ0) is 12.3. The van der Waals surface area contributed by atoms with E-state index in [4.69, 9.17) is 0 Å². The molecule has 1 fully saturated rings. The molecule has 0 saturated heterocycles. The first-order valence-electron chi connectivity index (χ1n) is 7.79. The Morgan fingerprint density at radius 1 is 1.06 bits per heavy atom. The fraction of sp³-hybridized carbons (Fsp3) is 1.00. The molecule has 0 radical (unpaired) electrons. The van der Waals surface area contributed by atoms with E-state index in [0.29, 0.717) is 0 Å². The van der Waals surface area contributed by atoms with Gasteiger partial charge in [0.15, 0.2) is 0 Å². The first-order valence-corrected chi connectivity index (χ1v) is 7.79. The van der Waals surface area contributed by atoms with Gasteiger partial charge in [0.25, 0.3) is 0 Å². The molecule has 0 heterocycles. The largest absolute Gasteiger partial charge is 0.317 e. The van der Waals surface area contributed by atoms with Crippen molar-refractivity contribution in [1.82, 2.24) is 10.2 Å². The summed E-state index contributed by atoms with van der Waals surface area (Å²) in [6.45, 7) is 10.9. The summed E-state index contributed by atoms with van der Waals surface area (Å²) in [5.41, 5.74) is 0. The predicted octanol–water partition coefficient (Wildman–Crippen LogP) is 3.28. The highest BCUT2D eigenvalue weighted by Gasteiger charge is 2.19. The summed E-state index contributed by atoms with van der Waals surface area (Å²) in [5, 5.41) is 3.47. The van der Waals surface area contributed by atoms with Crippen LogP contribution in [-0.2, 0) is 0 Å². The molecule has 0 unspecified atom stereocenters. The molecular formula is C15H32N2. The van der Waals surface area contributed by atoms with Gasteiger partial charge in [0.2, 0.25) is 0 Å². The molecule has 2 nitrogen and oxygen atoms in total. The van der Waals surface area contributed by atoms with Crippen LogP contribution in [-0.4, -0.2) is 37.6 Å². The molecule has 0 aromatic rings. The number of nitrogens with one attached hydrogen (secondary N) is 1. The minimum Gasteiger partial charge on any atom is -0.317 e. The van der Waals surface area contributed by atoms with Crippen LogP contribution in [0.1, 0.15) is 58.8 Å². The molecule has 0 aliphatic heterocycles. The monoisotopic (exact) mass is 240 g/mol. The lowest BCUT2D eigenvalue weighted by atomic mass is 9.85. The molecular weight excluding hydrogens is 208 g/mol. The van der Waals surface area contributed by atoms with Crippen molar-refractivity contribution in [3.05, 3.63) is 0 Å². The minimum absolute atomic E-state index is 1.03. The number of nitrogens with zero attached hydrogens (tertiary/aromatic N) is 1. The molecule has 2 heteroatoms. The highest BCUT2D eigenvalue weighted by molar-refractivity contribution is 4.73. The van der Waals surface area contributed by atoms with Crippen molar-refractivity contribution in [2.24, 2.45) is 5.92 Å². The van der Waals surface area contributed by atoms with Crippen molar-refractivity contribution in [2.45, 2.75) is 58.8 Å². The van der Waals surface area contributed by atoms with Gasteiger partial charge in [-0.2, -0.15) is 0 Å². The molecule has 0 aromatic carbocycles. The summed E-state index contributed by atoms with van der Waals surface area (Å²) < 4.78 is 0. The maximum absolute atomic E-state index is 3.47. The lowest BCUT2D eigenvalue weighted by Crippen LogP contribution is -2.33. The minimum atomic E-state index is 1.03. The van der Waals surface area contributed by atoms with Gasteiger partial charge in [-0.1, -0.05) is 26.7 Å². The third kappa shape index (κ3) is 7.05. The zero-order valence-electron chi connectivity index (χ0n) is 12.0. The van der Waals surface area contributed by atoms with Gasteiger partial charge in [0, 0.05) is 6.54 Å². The first-order chi connectivity index (χ1) is 8.36. The van der Waals surface area contributed by atoms with Gasteiger partial charge in [0.1, 0.15) is 0 Å². The SMILES string of the molecule is CCCNCCCCCN(CC)CC1CCC1. The van der Waals surface area contributed by atoms with Gasteiger partial charge in [-0.15, -0.1) is 0 Å². The van der Waals surface area contributed by atoms with E-state index in [2.05, 4.69) is 24.1 Å². The highest BCUT2D eigenvalue weighted by Crippen LogP contribution is 2.27. The van der Waals surface area contributed by atoms with Gasteiger partial charge in [0.05, 0.1) is 0 Å². The van der Waals surface area contributed by atoms with Gasteiger partial charge in [-0.3, -0.25) is 0 Å². The van der Waals surface area contributed by atoms with Crippen molar-refractivity contribution in [1.29, 1.82) is 0 Å². The molecule has 0 aromatic heterocycles. The predicted molar refractivity (Wildman–Crippen MR) is 76.5 cm³/mol. The molecule has 0 atom stereocenters. The smallest absolute Gasteiger partial charge is 0.000954 e. The summed E-state index contributed by atoms with van der Waals surface area (Å²) in [5.74, 6) is 1.03. The second kappa shape index (κ2) is 9.90. The maximum atomic E-state index is 3.47. The molecule has 1 saturated carbocycles. The number of hydrogen-bond acceptors (Lipinski definition) is 2. The zero-order valence-corrected chi connectivity index (χ0v) is 12.0. The van der Waals surface area contributed by atoms with E-state index in [9.17, 15) is 0 Å². The average molecular weight is 240 g/mol. The summed E-state index contributed by atoms with van der Waals surface area (Å²) in [6.07, 6.45) is 9.82. The third-order valence-electron chi connectivity index (χ3n) is 3.94. The van der Waals surface area contributed by atoms with Crippen LogP contribution in [0.15, 0.2) is 0 Å². The first kappa shape index (κ1) is 15.0. The Morgan fingerprint density at radius 2 is 1.88 bits per heavy atom. The van der Waals surface area contributed by atoms with Crippen molar-refractivity contribution in [2.75, 3.05) is 32.7 Å². The summed E-state index contributed by atoms with van der Waals surface area (Å²) in [7, 11) is 0. The van der Waals surface area contributed by atoms with Crippen LogP contribution >= 0.6 is 0 Å². The number of rotatable bonds is 11. The van der Waals surface area contributed by atoms with Crippen molar-refractivity contribution in [3.8, 4) is 0 Å². The van der Waals surface area contributed by atoms with Gasteiger partial charge in [-0.25, -0.2) is 0 Å². The van der Waals surface area contributed by atoms with Crippen LogP contribution in [0.25, 0.3) is 0 Å². The van der Waals surface area contributed by atoms with Gasteiger partial charge < -0.3 is 10.2 Å². The molecule has 1 aliphatic rings. The molecule has 0 spiro atoms. The lowest BCUT2D eigenvalue weighted by molar-refractivity contribution is 0.181. The van der Waals surface area contributed by atoms with Gasteiger partial charge in [-0.05, 0) is 64.2 Å². The molecule has 102 valence electrons. The molecule has 1 N–H and O–H groups in total. The van der Waals surface area contributed by atoms with Crippen LogP contribution in [0.4, 0.5) is 0 Å². The Kier molecular flexibility index (Phi) is 8.72. The van der Waals surface area contributed by atoms with E-state index >= 15 is 0 Å². The molecule has 17 heavy (non-hydrogen) atoms. The van der Waals surface area contributed by atoms with E-state index in [0.717, 1.165) is 5.92 Å². The average Bonchev–Trinajstić information content (AvgIpc) is 2.29. The standard InChI is InChI=1S/C15H32N2/c1-3-11-16-12-6-5-7-13-17(4-2)14-15-9-8-10-15/h15-16H,3-14H2,1-2H3. The topological polar surface area (TPSA) is 15.3 Å². The van der Waals surface area contributed by atoms with Crippen LogP contribution in [0, 0.1) is 5.92 Å². The van der Waals surface area contributed by atoms with Crippen molar-refractivity contribution in [3.63, 3.8) is 0 Å². The normalized spacial score (nSPS) is 16.4. The molecule has 1 rings (SSSR count). The van der Waals surface area contributed by atoms with Crippen LogP contribution in [0.2, 0.25) is 0 Å².